The normalized spacial score (nSPS) is 39.8. The summed E-state index contributed by atoms with van der Waals surface area (Å²) in [4.78, 5) is 30.1. The van der Waals surface area contributed by atoms with Gasteiger partial charge < -0.3 is 14.5 Å². The van der Waals surface area contributed by atoms with Gasteiger partial charge in [-0.2, -0.15) is 0 Å². The first kappa shape index (κ1) is 15.4. The number of hydrogen-bond acceptors (Lipinski definition) is 6. The molecule has 8 nitrogen and oxygen atoms in total. The van der Waals surface area contributed by atoms with Gasteiger partial charge in [0.25, 0.3) is 5.91 Å². The molecule has 4 bridgehead atoms. The summed E-state index contributed by atoms with van der Waals surface area (Å²) in [5, 5.41) is 7.60. The van der Waals surface area contributed by atoms with Crippen LogP contribution < -0.4 is 0 Å². The van der Waals surface area contributed by atoms with Crippen LogP contribution in [0.25, 0.3) is 11.0 Å². The molecule has 1 aromatic heterocycles. The predicted octanol–water partition coefficient (Wildman–Crippen LogP) is 1.07. The Morgan fingerprint density at radius 1 is 0.964 bits per heavy atom. The molecule has 2 amide bonds. The summed E-state index contributed by atoms with van der Waals surface area (Å²) in [5.41, 5.74) is 1.82. The average molecular weight is 380 g/mol. The van der Waals surface area contributed by atoms with Gasteiger partial charge in [0.15, 0.2) is 0 Å². The molecule has 5 aliphatic rings. The minimum atomic E-state index is -0.00595. The number of carbonyl (C=O) groups excluding carboxylic acids is 2. The van der Waals surface area contributed by atoms with E-state index in [1.807, 2.05) is 9.80 Å². The molecule has 2 aromatic rings. The van der Waals surface area contributed by atoms with Crippen molar-refractivity contribution in [1.29, 1.82) is 0 Å². The molecule has 4 aliphatic heterocycles. The first-order valence-electron chi connectivity index (χ1n) is 10.2. The fraction of sp³-hybridized carbons (Fsp3) is 0.600. The smallest absolute Gasteiger partial charge is 0.254 e. The van der Waals surface area contributed by atoms with E-state index in [1.54, 1.807) is 18.2 Å². The number of benzene rings is 1. The number of aromatic nitrogens is 2. The third-order valence-corrected chi connectivity index (χ3v) is 7.61. The van der Waals surface area contributed by atoms with E-state index in [4.69, 9.17) is 9.37 Å². The van der Waals surface area contributed by atoms with Crippen molar-refractivity contribution in [3.05, 3.63) is 23.8 Å². The van der Waals surface area contributed by atoms with Crippen LogP contribution in [0.3, 0.4) is 0 Å². The Morgan fingerprint density at radius 2 is 1.79 bits per heavy atom. The Morgan fingerprint density at radius 3 is 2.57 bits per heavy atom. The molecule has 7 atom stereocenters. The highest BCUT2D eigenvalue weighted by atomic mass is 16.6. The van der Waals surface area contributed by atoms with E-state index in [2.05, 4.69) is 10.3 Å². The zero-order valence-electron chi connectivity index (χ0n) is 15.2. The molecule has 0 unspecified atom stereocenters. The molecule has 5 heterocycles. The molecule has 1 saturated carbocycles. The van der Waals surface area contributed by atoms with Crippen LogP contribution in [0.15, 0.2) is 22.8 Å². The Hall–Kier alpha value is -2.48. The molecule has 1 aliphatic carbocycles. The van der Waals surface area contributed by atoms with Crippen molar-refractivity contribution < 1.29 is 19.0 Å². The molecule has 7 rings (SSSR count). The summed E-state index contributed by atoms with van der Waals surface area (Å²) in [6.45, 7) is 1.25. The van der Waals surface area contributed by atoms with Crippen LogP contribution in [0.1, 0.15) is 29.6 Å². The first-order chi connectivity index (χ1) is 13.7. The van der Waals surface area contributed by atoms with Gasteiger partial charge in [0.05, 0.1) is 30.2 Å². The molecule has 28 heavy (non-hydrogen) atoms. The summed E-state index contributed by atoms with van der Waals surface area (Å²) in [7, 11) is 0. The van der Waals surface area contributed by atoms with E-state index in [0.29, 0.717) is 41.7 Å². The molecular weight excluding hydrogens is 360 g/mol. The van der Waals surface area contributed by atoms with Crippen molar-refractivity contribution in [1.82, 2.24) is 20.1 Å². The molecule has 4 saturated heterocycles. The van der Waals surface area contributed by atoms with Crippen LogP contribution >= 0.6 is 0 Å². The second kappa shape index (κ2) is 5.11. The first-order valence-corrected chi connectivity index (χ1v) is 10.2. The lowest BCUT2D eigenvalue weighted by Crippen LogP contribution is -2.53. The summed E-state index contributed by atoms with van der Waals surface area (Å²) >= 11 is 0. The lowest BCUT2D eigenvalue weighted by atomic mass is 9.88. The minimum absolute atomic E-state index is 0.00595. The second-order valence-electron chi connectivity index (χ2n) is 9.00. The maximum Gasteiger partial charge on any atom is 0.254 e. The summed E-state index contributed by atoms with van der Waals surface area (Å²) in [6, 6.07) is 5.47. The third-order valence-electron chi connectivity index (χ3n) is 7.61. The van der Waals surface area contributed by atoms with Gasteiger partial charge in [-0.15, -0.1) is 0 Å². The Balaban J connectivity index is 1.07. The van der Waals surface area contributed by atoms with Gasteiger partial charge in [-0.05, 0) is 59.6 Å². The Kier molecular flexibility index (Phi) is 2.82. The SMILES string of the molecule is O=C(c1ccc2nonc2c1)N1C[C@@H]2C[C@H]1CN2C(=O)[C@@H]1C[C@@H]2O[C@H]1[C@H]1C[C@H]12. The van der Waals surface area contributed by atoms with Crippen molar-refractivity contribution >= 4 is 22.8 Å². The van der Waals surface area contributed by atoms with Gasteiger partial charge in [0.1, 0.15) is 11.0 Å². The number of piperazine rings is 1. The highest BCUT2D eigenvalue weighted by Gasteiger charge is 2.65. The van der Waals surface area contributed by atoms with Gasteiger partial charge >= 0.3 is 0 Å². The van der Waals surface area contributed by atoms with Crippen molar-refractivity contribution in [3.8, 4) is 0 Å². The van der Waals surface area contributed by atoms with E-state index in [9.17, 15) is 9.59 Å². The number of hydrogen-bond donors (Lipinski definition) is 0. The lowest BCUT2D eigenvalue weighted by molar-refractivity contribution is -0.139. The molecule has 0 spiro atoms. The summed E-state index contributed by atoms with van der Waals surface area (Å²) in [5.74, 6) is 1.65. The second-order valence-corrected chi connectivity index (χ2v) is 9.00. The summed E-state index contributed by atoms with van der Waals surface area (Å²) in [6.07, 6.45) is 3.50. The molecule has 5 fully saturated rings. The number of likely N-dealkylation sites (tertiary alicyclic amines) is 2. The predicted molar refractivity (Wildman–Crippen MR) is 95.1 cm³/mol. The molecule has 1 aromatic carbocycles. The molecule has 0 N–H and O–H groups in total. The Bertz CT molecular complexity index is 1020. The maximum absolute atomic E-state index is 13.2. The van der Waals surface area contributed by atoms with Crippen molar-refractivity contribution in [3.63, 3.8) is 0 Å². The fourth-order valence-corrected chi connectivity index (χ4v) is 6.17. The molecular formula is C20H20N4O4. The minimum Gasteiger partial charge on any atom is -0.374 e. The van der Waals surface area contributed by atoms with E-state index in [0.717, 1.165) is 18.8 Å². The van der Waals surface area contributed by atoms with Crippen LogP contribution in [0.4, 0.5) is 0 Å². The maximum atomic E-state index is 13.2. The van der Waals surface area contributed by atoms with Gasteiger partial charge in [0.2, 0.25) is 5.91 Å². The van der Waals surface area contributed by atoms with Crippen molar-refractivity contribution in [2.24, 2.45) is 17.8 Å². The van der Waals surface area contributed by atoms with Crippen molar-refractivity contribution in [2.45, 2.75) is 43.6 Å². The van der Waals surface area contributed by atoms with E-state index < -0.39 is 0 Å². The Labute approximate surface area is 160 Å². The summed E-state index contributed by atoms with van der Waals surface area (Å²) < 4.78 is 10.7. The van der Waals surface area contributed by atoms with Gasteiger partial charge in [-0.1, -0.05) is 0 Å². The van der Waals surface area contributed by atoms with E-state index >= 15 is 0 Å². The number of carbonyl (C=O) groups is 2. The number of ether oxygens (including phenoxy) is 1. The van der Waals surface area contributed by atoms with Crippen molar-refractivity contribution in [2.75, 3.05) is 13.1 Å². The standard InChI is InChI=1S/C20H20N4O4/c25-19(9-1-2-15-16(3-9)22-28-21-15)23-7-11-4-10(23)8-24(11)20(26)14-6-17-12-5-13(12)18(14)27-17/h1-3,10-14,17-18H,4-8H2/t10-,11-,12+,13-,14+,17-,18-/m0/s1. The average Bonchev–Trinajstić information content (AvgIpc) is 3.23. The molecule has 144 valence electrons. The number of nitrogens with zero attached hydrogens (tertiary/aromatic N) is 4. The van der Waals surface area contributed by atoms with Gasteiger partial charge in [-0.3, -0.25) is 9.59 Å². The number of amides is 2. The third kappa shape index (κ3) is 1.93. The molecule has 8 heteroatoms. The monoisotopic (exact) mass is 380 g/mol. The largest absolute Gasteiger partial charge is 0.374 e. The van der Waals surface area contributed by atoms with Crippen LogP contribution in [0.2, 0.25) is 0 Å². The fourth-order valence-electron chi connectivity index (χ4n) is 6.17. The highest BCUT2D eigenvalue weighted by molar-refractivity contribution is 5.97. The van der Waals surface area contributed by atoms with Crippen LogP contribution in [-0.2, 0) is 9.53 Å². The van der Waals surface area contributed by atoms with Gasteiger partial charge in [-0.25, -0.2) is 4.63 Å². The quantitative estimate of drug-likeness (QED) is 0.774. The van der Waals surface area contributed by atoms with Crippen LogP contribution in [-0.4, -0.2) is 69.3 Å². The highest BCUT2D eigenvalue weighted by Crippen LogP contribution is 2.61. The molecule has 0 radical (unpaired) electrons. The van der Waals surface area contributed by atoms with Gasteiger partial charge in [0, 0.05) is 18.7 Å². The van der Waals surface area contributed by atoms with Crippen LogP contribution in [0.5, 0.6) is 0 Å². The topological polar surface area (TPSA) is 88.8 Å². The number of rotatable bonds is 2. The lowest BCUT2D eigenvalue weighted by Gasteiger charge is -2.36. The van der Waals surface area contributed by atoms with E-state index in [-0.39, 0.29) is 35.9 Å². The number of fused-ring (bicyclic) bond motifs is 8. The zero-order chi connectivity index (χ0) is 18.6. The van der Waals surface area contributed by atoms with Crippen LogP contribution in [0, 0.1) is 17.8 Å². The zero-order valence-corrected chi connectivity index (χ0v) is 15.2. The van der Waals surface area contributed by atoms with E-state index in [1.165, 1.54) is 6.42 Å².